The first kappa shape index (κ1) is 19.0. The Morgan fingerprint density at radius 1 is 1.23 bits per heavy atom. The molecule has 0 unspecified atom stereocenters. The van der Waals surface area contributed by atoms with E-state index in [9.17, 15) is 4.79 Å². The van der Waals surface area contributed by atoms with Gasteiger partial charge in [0, 0.05) is 40.9 Å². The lowest BCUT2D eigenvalue weighted by Crippen LogP contribution is -2.28. The van der Waals surface area contributed by atoms with Crippen molar-refractivity contribution in [2.45, 2.75) is 26.3 Å². The van der Waals surface area contributed by atoms with Gasteiger partial charge in [0.15, 0.2) is 5.11 Å². The largest absolute Gasteiger partial charge is 0.358 e. The Morgan fingerprint density at radius 2 is 2.04 bits per heavy atom. The molecule has 1 saturated heterocycles. The molecule has 3 rings (SSSR count). The zero-order valence-electron chi connectivity index (χ0n) is 14.3. The van der Waals surface area contributed by atoms with E-state index >= 15 is 0 Å². The number of anilines is 2. The highest BCUT2D eigenvalue weighted by atomic mass is 35.5. The fourth-order valence-electron chi connectivity index (χ4n) is 2.95. The Balaban J connectivity index is 1.60. The minimum atomic E-state index is 0.186. The molecule has 1 heterocycles. The standard InChI is InChI=1S/C19H19Cl2N3OS/c1-12-9-15(6-7-17(12)24-8-2-3-18(24)25)23-19(26)22-11-13-4-5-14(20)10-16(13)21/h4-7,9-10H,2-3,8,11H2,1H3,(H2,22,23,26). The topological polar surface area (TPSA) is 44.4 Å². The van der Waals surface area contributed by atoms with Gasteiger partial charge in [0.1, 0.15) is 0 Å². The van der Waals surface area contributed by atoms with Crippen LogP contribution in [-0.4, -0.2) is 17.6 Å². The molecule has 2 aromatic rings. The fourth-order valence-corrected chi connectivity index (χ4v) is 3.62. The van der Waals surface area contributed by atoms with E-state index in [0.29, 0.717) is 28.1 Å². The second-order valence-electron chi connectivity index (χ2n) is 6.19. The van der Waals surface area contributed by atoms with Crippen LogP contribution in [-0.2, 0) is 11.3 Å². The number of hydrogen-bond acceptors (Lipinski definition) is 2. The second kappa shape index (κ2) is 8.25. The van der Waals surface area contributed by atoms with Crippen LogP contribution in [0.3, 0.4) is 0 Å². The predicted octanol–water partition coefficient (Wildman–Crippen LogP) is 4.92. The van der Waals surface area contributed by atoms with Gasteiger partial charge in [0.2, 0.25) is 5.91 Å². The Labute approximate surface area is 168 Å². The summed E-state index contributed by atoms with van der Waals surface area (Å²) < 4.78 is 0. The van der Waals surface area contributed by atoms with Gasteiger partial charge < -0.3 is 15.5 Å². The van der Waals surface area contributed by atoms with Gasteiger partial charge in [-0.3, -0.25) is 4.79 Å². The molecule has 0 bridgehead atoms. The van der Waals surface area contributed by atoms with E-state index in [2.05, 4.69) is 10.6 Å². The zero-order chi connectivity index (χ0) is 18.7. The lowest BCUT2D eigenvalue weighted by Gasteiger charge is -2.19. The number of amides is 1. The molecule has 0 aliphatic carbocycles. The summed E-state index contributed by atoms with van der Waals surface area (Å²) in [4.78, 5) is 13.8. The highest BCUT2D eigenvalue weighted by molar-refractivity contribution is 7.80. The highest BCUT2D eigenvalue weighted by Gasteiger charge is 2.22. The van der Waals surface area contributed by atoms with Crippen LogP contribution in [0.5, 0.6) is 0 Å². The van der Waals surface area contributed by atoms with Crippen molar-refractivity contribution < 1.29 is 4.79 Å². The summed E-state index contributed by atoms with van der Waals surface area (Å²) >= 11 is 17.4. The molecule has 0 radical (unpaired) electrons. The quantitative estimate of drug-likeness (QED) is 0.706. The lowest BCUT2D eigenvalue weighted by molar-refractivity contribution is -0.117. The monoisotopic (exact) mass is 407 g/mol. The lowest BCUT2D eigenvalue weighted by atomic mass is 10.1. The van der Waals surface area contributed by atoms with E-state index in [-0.39, 0.29) is 5.91 Å². The molecule has 1 aliphatic rings. The van der Waals surface area contributed by atoms with Crippen molar-refractivity contribution in [2.24, 2.45) is 0 Å². The second-order valence-corrected chi connectivity index (χ2v) is 7.45. The Kier molecular flexibility index (Phi) is 6.01. The molecular weight excluding hydrogens is 389 g/mol. The number of nitrogens with zero attached hydrogens (tertiary/aromatic N) is 1. The molecule has 0 atom stereocenters. The first-order valence-corrected chi connectivity index (χ1v) is 9.50. The maximum atomic E-state index is 11.9. The van der Waals surface area contributed by atoms with Gasteiger partial charge in [-0.15, -0.1) is 0 Å². The first-order valence-electron chi connectivity index (χ1n) is 8.34. The summed E-state index contributed by atoms with van der Waals surface area (Å²) in [5.74, 6) is 0.186. The molecule has 1 fully saturated rings. The number of benzene rings is 2. The predicted molar refractivity (Wildman–Crippen MR) is 112 cm³/mol. The minimum absolute atomic E-state index is 0.186. The number of hydrogen-bond donors (Lipinski definition) is 2. The third-order valence-corrected chi connectivity index (χ3v) is 5.11. The highest BCUT2D eigenvalue weighted by Crippen LogP contribution is 2.27. The van der Waals surface area contributed by atoms with Gasteiger partial charge in [-0.1, -0.05) is 29.3 Å². The fraction of sp³-hybridized carbons (Fsp3) is 0.263. The minimum Gasteiger partial charge on any atom is -0.358 e. The van der Waals surface area contributed by atoms with E-state index in [1.807, 2.05) is 36.1 Å². The van der Waals surface area contributed by atoms with Crippen LogP contribution in [0.1, 0.15) is 24.0 Å². The van der Waals surface area contributed by atoms with Crippen LogP contribution in [0, 0.1) is 6.92 Å². The van der Waals surface area contributed by atoms with Crippen molar-refractivity contribution in [1.29, 1.82) is 0 Å². The molecule has 1 amide bonds. The average Bonchev–Trinajstić information content (AvgIpc) is 3.00. The van der Waals surface area contributed by atoms with Crippen molar-refractivity contribution in [3.63, 3.8) is 0 Å². The van der Waals surface area contributed by atoms with Crippen molar-refractivity contribution in [3.05, 3.63) is 57.6 Å². The third kappa shape index (κ3) is 4.47. The van der Waals surface area contributed by atoms with Crippen LogP contribution in [0.15, 0.2) is 36.4 Å². The number of aryl methyl sites for hydroxylation is 1. The van der Waals surface area contributed by atoms with Crippen LogP contribution in [0.25, 0.3) is 0 Å². The van der Waals surface area contributed by atoms with Crippen LogP contribution in [0.4, 0.5) is 11.4 Å². The summed E-state index contributed by atoms with van der Waals surface area (Å²) in [5.41, 5.74) is 3.79. The number of thiocarbonyl (C=S) groups is 1. The van der Waals surface area contributed by atoms with Crippen molar-refractivity contribution in [1.82, 2.24) is 5.32 Å². The van der Waals surface area contributed by atoms with Gasteiger partial charge in [0.05, 0.1) is 0 Å². The molecule has 4 nitrogen and oxygen atoms in total. The Hall–Kier alpha value is -1.82. The summed E-state index contributed by atoms with van der Waals surface area (Å²) in [7, 11) is 0. The molecular formula is C19H19Cl2N3OS. The summed E-state index contributed by atoms with van der Waals surface area (Å²) in [5, 5.41) is 8.00. The molecule has 2 N–H and O–H groups in total. The maximum Gasteiger partial charge on any atom is 0.227 e. The van der Waals surface area contributed by atoms with E-state index in [1.54, 1.807) is 12.1 Å². The molecule has 2 aromatic carbocycles. The van der Waals surface area contributed by atoms with Gasteiger partial charge in [-0.25, -0.2) is 0 Å². The van der Waals surface area contributed by atoms with Crippen molar-refractivity contribution >= 4 is 57.8 Å². The molecule has 0 saturated carbocycles. The van der Waals surface area contributed by atoms with Gasteiger partial charge >= 0.3 is 0 Å². The SMILES string of the molecule is Cc1cc(NC(=S)NCc2ccc(Cl)cc2Cl)ccc1N1CCCC1=O. The number of rotatable bonds is 4. The first-order chi connectivity index (χ1) is 12.4. The third-order valence-electron chi connectivity index (χ3n) is 4.27. The van der Waals surface area contributed by atoms with E-state index in [4.69, 9.17) is 35.4 Å². The summed E-state index contributed by atoms with van der Waals surface area (Å²) in [6.07, 6.45) is 1.54. The Morgan fingerprint density at radius 3 is 2.69 bits per heavy atom. The number of carbonyl (C=O) groups is 1. The van der Waals surface area contributed by atoms with Crippen molar-refractivity contribution in [3.8, 4) is 0 Å². The molecule has 7 heteroatoms. The number of nitrogens with one attached hydrogen (secondary N) is 2. The maximum absolute atomic E-state index is 11.9. The van der Waals surface area contributed by atoms with Crippen molar-refractivity contribution in [2.75, 3.05) is 16.8 Å². The van der Waals surface area contributed by atoms with Crippen LogP contribution in [0.2, 0.25) is 10.0 Å². The van der Waals surface area contributed by atoms with Gasteiger partial charge in [0.25, 0.3) is 0 Å². The Bertz CT molecular complexity index is 857. The number of halogens is 2. The molecule has 0 aromatic heterocycles. The van der Waals surface area contributed by atoms with Crippen LogP contribution < -0.4 is 15.5 Å². The van der Waals surface area contributed by atoms with Gasteiger partial charge in [-0.05, 0) is 67.0 Å². The normalized spacial score (nSPS) is 13.8. The summed E-state index contributed by atoms with van der Waals surface area (Å²) in [6, 6.07) is 11.2. The average molecular weight is 408 g/mol. The molecule has 0 spiro atoms. The summed E-state index contributed by atoms with van der Waals surface area (Å²) in [6.45, 7) is 3.28. The molecule has 26 heavy (non-hydrogen) atoms. The zero-order valence-corrected chi connectivity index (χ0v) is 16.6. The number of carbonyl (C=O) groups excluding carboxylic acids is 1. The van der Waals surface area contributed by atoms with E-state index in [1.165, 1.54) is 0 Å². The van der Waals surface area contributed by atoms with Crippen LogP contribution >= 0.6 is 35.4 Å². The smallest absolute Gasteiger partial charge is 0.227 e. The molecule has 1 aliphatic heterocycles. The van der Waals surface area contributed by atoms with E-state index < -0.39 is 0 Å². The molecule has 136 valence electrons. The van der Waals surface area contributed by atoms with E-state index in [0.717, 1.165) is 35.5 Å². The van der Waals surface area contributed by atoms with Gasteiger partial charge in [-0.2, -0.15) is 0 Å².